The Kier molecular flexibility index (Phi) is 10.8. The Balaban J connectivity index is 2.48. The third-order valence-electron chi connectivity index (χ3n) is 4.99. The molecule has 1 aromatic carbocycles. The molecule has 190 valence electrons. The first kappa shape index (κ1) is 28.4. The van der Waals surface area contributed by atoms with Crippen molar-refractivity contribution in [2.45, 2.75) is 33.1 Å². The molecule has 0 aromatic heterocycles. The number of hydrogen-bond acceptors (Lipinski definition) is 9. The fourth-order valence-corrected chi connectivity index (χ4v) is 4.00. The van der Waals surface area contributed by atoms with Gasteiger partial charge in [0.05, 0.1) is 59.7 Å². The molecular weight excluding hydrogens is 501 g/mol. The predicted molar refractivity (Wildman–Crippen MR) is 128 cm³/mol. The highest BCUT2D eigenvalue weighted by Crippen LogP contribution is 2.43. The number of hydrogen-bond donors (Lipinski definition) is 1. The lowest BCUT2D eigenvalue weighted by Crippen LogP contribution is -2.35. The molecule has 0 saturated carbocycles. The van der Waals surface area contributed by atoms with E-state index < -0.39 is 42.6 Å². The van der Waals surface area contributed by atoms with Crippen molar-refractivity contribution in [2.24, 2.45) is 0 Å². The quantitative estimate of drug-likeness (QED) is 0.262. The monoisotopic (exact) mass is 527 g/mol. The van der Waals surface area contributed by atoms with Crippen LogP contribution in [0.5, 0.6) is 0 Å². The second-order valence-corrected chi connectivity index (χ2v) is 8.14. The zero-order valence-corrected chi connectivity index (χ0v) is 21.4. The third-order valence-corrected chi connectivity index (χ3v) is 5.83. The van der Waals surface area contributed by atoms with Gasteiger partial charge in [0.2, 0.25) is 0 Å². The summed E-state index contributed by atoms with van der Waals surface area (Å²) in [6.45, 7) is 4.59. The summed E-state index contributed by atoms with van der Waals surface area (Å²) >= 11 is 12.7. The van der Waals surface area contributed by atoms with E-state index in [1.807, 2.05) is 0 Å². The van der Waals surface area contributed by atoms with Crippen molar-refractivity contribution < 1.29 is 38.1 Å². The molecule has 0 fully saturated rings. The lowest BCUT2D eigenvalue weighted by molar-refractivity contribution is -0.146. The van der Waals surface area contributed by atoms with E-state index in [0.29, 0.717) is 11.3 Å². The zero-order valence-electron chi connectivity index (χ0n) is 19.9. The minimum absolute atomic E-state index is 0.0446. The van der Waals surface area contributed by atoms with Crippen LogP contribution in [0.1, 0.15) is 38.7 Å². The number of dihydropyridines is 1. The highest BCUT2D eigenvalue weighted by Gasteiger charge is 2.40. The largest absolute Gasteiger partial charge is 0.466 e. The van der Waals surface area contributed by atoms with Crippen LogP contribution in [0.25, 0.3) is 0 Å². The summed E-state index contributed by atoms with van der Waals surface area (Å²) in [6.07, 6.45) is -0.434. The van der Waals surface area contributed by atoms with Gasteiger partial charge in [-0.15, -0.1) is 0 Å². The Morgan fingerprint density at radius 1 is 1.00 bits per heavy atom. The van der Waals surface area contributed by atoms with Gasteiger partial charge in [-0.1, -0.05) is 35.3 Å². The molecule has 1 aliphatic heterocycles. The number of carbonyl (C=O) groups excluding carboxylic acids is 4. The van der Waals surface area contributed by atoms with Crippen LogP contribution >= 0.6 is 23.2 Å². The van der Waals surface area contributed by atoms with Crippen LogP contribution in [0.15, 0.2) is 40.7 Å². The lowest BCUT2D eigenvalue weighted by atomic mass is 9.80. The van der Waals surface area contributed by atoms with Crippen molar-refractivity contribution >= 4 is 46.9 Å². The van der Waals surface area contributed by atoms with Gasteiger partial charge in [0, 0.05) is 5.70 Å². The Morgan fingerprint density at radius 3 is 2.31 bits per heavy atom. The van der Waals surface area contributed by atoms with Gasteiger partial charge in [-0.25, -0.2) is 9.59 Å². The third kappa shape index (κ3) is 7.06. The number of carbonyl (C=O) groups is 4. The summed E-state index contributed by atoms with van der Waals surface area (Å²) in [5.41, 5.74) is 1.24. The molecule has 1 unspecified atom stereocenters. The van der Waals surface area contributed by atoms with E-state index in [1.54, 1.807) is 39.0 Å². The standard InChI is InChI=1S/C24H27Cl2NO8/c1-5-34-18(29)10-14(28)11-33-12-17-21(23(30)32-4)20(15-8-7-9-16(25)22(15)26)19(13(3)27-17)24(31)35-6-2/h7-9,20,27H,5-6,10-12H2,1-4H3. The van der Waals surface area contributed by atoms with Gasteiger partial charge in [0.15, 0.2) is 5.78 Å². The summed E-state index contributed by atoms with van der Waals surface area (Å²) in [5.74, 6) is -3.52. The normalized spacial score (nSPS) is 15.4. The van der Waals surface area contributed by atoms with E-state index in [9.17, 15) is 19.2 Å². The van der Waals surface area contributed by atoms with Crippen molar-refractivity contribution in [1.29, 1.82) is 0 Å². The molecular formula is C24H27Cl2NO8. The van der Waals surface area contributed by atoms with Crippen molar-refractivity contribution in [3.8, 4) is 0 Å². The summed E-state index contributed by atoms with van der Waals surface area (Å²) in [4.78, 5) is 49.4. The molecule has 11 heteroatoms. The molecule has 1 heterocycles. The maximum Gasteiger partial charge on any atom is 0.336 e. The molecule has 0 spiro atoms. The van der Waals surface area contributed by atoms with E-state index in [1.165, 1.54) is 7.11 Å². The Hall–Kier alpha value is -2.88. The molecule has 9 nitrogen and oxygen atoms in total. The molecule has 35 heavy (non-hydrogen) atoms. The second kappa shape index (κ2) is 13.3. The van der Waals surface area contributed by atoms with Crippen LogP contribution in [0.3, 0.4) is 0 Å². The molecule has 0 aliphatic carbocycles. The van der Waals surface area contributed by atoms with Crippen LogP contribution in [-0.4, -0.2) is 57.2 Å². The number of methoxy groups -OCH3 is 1. The summed E-state index contributed by atoms with van der Waals surface area (Å²) < 4.78 is 20.5. The number of ketones is 1. The molecule has 0 bridgehead atoms. The smallest absolute Gasteiger partial charge is 0.336 e. The summed E-state index contributed by atoms with van der Waals surface area (Å²) in [5, 5.41) is 3.38. The minimum Gasteiger partial charge on any atom is -0.466 e. The Bertz CT molecular complexity index is 1060. The van der Waals surface area contributed by atoms with Crippen molar-refractivity contribution in [1.82, 2.24) is 5.32 Å². The van der Waals surface area contributed by atoms with Gasteiger partial charge >= 0.3 is 17.9 Å². The van der Waals surface area contributed by atoms with Gasteiger partial charge < -0.3 is 24.3 Å². The number of nitrogens with one attached hydrogen (secondary N) is 1. The van der Waals surface area contributed by atoms with Gasteiger partial charge in [-0.05, 0) is 32.4 Å². The van der Waals surface area contributed by atoms with Crippen molar-refractivity contribution in [3.05, 3.63) is 56.3 Å². The molecule has 1 atom stereocenters. The number of esters is 3. The average Bonchev–Trinajstić information content (AvgIpc) is 2.80. The first-order valence-corrected chi connectivity index (χ1v) is 11.6. The van der Waals surface area contributed by atoms with Crippen LogP contribution in [-0.2, 0) is 38.1 Å². The van der Waals surface area contributed by atoms with Crippen LogP contribution in [0.4, 0.5) is 0 Å². The van der Waals surface area contributed by atoms with Gasteiger partial charge in [0.25, 0.3) is 0 Å². The van der Waals surface area contributed by atoms with E-state index in [2.05, 4.69) is 5.32 Å². The minimum atomic E-state index is -0.984. The number of halogens is 2. The van der Waals surface area contributed by atoms with Gasteiger partial charge in [0.1, 0.15) is 13.0 Å². The van der Waals surface area contributed by atoms with Crippen LogP contribution in [0, 0.1) is 0 Å². The zero-order chi connectivity index (χ0) is 26.1. The van der Waals surface area contributed by atoms with E-state index in [-0.39, 0.29) is 46.7 Å². The summed E-state index contributed by atoms with van der Waals surface area (Å²) in [7, 11) is 1.20. The molecule has 1 aliphatic rings. The van der Waals surface area contributed by atoms with E-state index >= 15 is 0 Å². The molecule has 2 rings (SSSR count). The Morgan fingerprint density at radius 2 is 1.69 bits per heavy atom. The lowest BCUT2D eigenvalue weighted by Gasteiger charge is -2.31. The highest BCUT2D eigenvalue weighted by molar-refractivity contribution is 6.42. The maximum absolute atomic E-state index is 12.9. The van der Waals surface area contributed by atoms with Crippen LogP contribution < -0.4 is 5.32 Å². The van der Waals surface area contributed by atoms with Gasteiger partial charge in [-0.2, -0.15) is 0 Å². The highest BCUT2D eigenvalue weighted by atomic mass is 35.5. The number of ether oxygens (including phenoxy) is 4. The fourth-order valence-electron chi connectivity index (χ4n) is 3.59. The first-order valence-electron chi connectivity index (χ1n) is 10.8. The number of benzene rings is 1. The summed E-state index contributed by atoms with van der Waals surface area (Å²) in [6, 6.07) is 4.86. The fraction of sp³-hybridized carbons (Fsp3) is 0.417. The number of allylic oxidation sites excluding steroid dienone is 1. The molecule has 0 radical (unpaired) electrons. The Labute approximate surface area is 213 Å². The SMILES string of the molecule is CCOC(=O)CC(=O)COCC1=C(C(=O)OC)C(c2cccc(Cl)c2Cl)C(C(=O)OCC)=C(C)N1. The molecule has 1 N–H and O–H groups in total. The van der Waals surface area contributed by atoms with Crippen molar-refractivity contribution in [2.75, 3.05) is 33.5 Å². The molecule has 1 aromatic rings. The predicted octanol–water partition coefficient (Wildman–Crippen LogP) is 3.48. The number of Topliss-reactive ketones (excluding diaryl/α,β-unsaturated/α-hetero) is 1. The molecule has 0 saturated heterocycles. The number of rotatable bonds is 11. The average molecular weight is 528 g/mol. The van der Waals surface area contributed by atoms with E-state index in [4.69, 9.17) is 42.1 Å². The second-order valence-electron chi connectivity index (χ2n) is 7.36. The maximum atomic E-state index is 12.9. The molecule has 0 amide bonds. The van der Waals surface area contributed by atoms with Crippen LogP contribution in [0.2, 0.25) is 10.0 Å². The van der Waals surface area contributed by atoms with E-state index in [0.717, 1.165) is 0 Å². The topological polar surface area (TPSA) is 117 Å². The van der Waals surface area contributed by atoms with Gasteiger partial charge in [-0.3, -0.25) is 9.59 Å². The van der Waals surface area contributed by atoms with Crippen molar-refractivity contribution in [3.63, 3.8) is 0 Å². The first-order chi connectivity index (χ1) is 16.7.